The van der Waals surface area contributed by atoms with Crippen molar-refractivity contribution in [3.8, 4) is 0 Å². The van der Waals surface area contributed by atoms with E-state index in [4.69, 9.17) is 5.73 Å². The molecule has 6 heteroatoms. The number of nitrogens with one attached hydrogen (secondary N) is 2. The quantitative estimate of drug-likeness (QED) is 0.769. The lowest BCUT2D eigenvalue weighted by Crippen LogP contribution is -2.30. The van der Waals surface area contributed by atoms with Crippen LogP contribution in [0.5, 0.6) is 0 Å². The van der Waals surface area contributed by atoms with E-state index in [1.54, 1.807) is 35.6 Å². The number of hydrogen-bond donors (Lipinski definition) is 3. The van der Waals surface area contributed by atoms with Gasteiger partial charge in [-0.05, 0) is 42.9 Å². The van der Waals surface area contributed by atoms with Crippen LogP contribution in [0.4, 0.5) is 5.69 Å². The fourth-order valence-corrected chi connectivity index (χ4v) is 4.37. The molecule has 1 aliphatic rings. The van der Waals surface area contributed by atoms with E-state index in [2.05, 4.69) is 17.6 Å². The van der Waals surface area contributed by atoms with E-state index < -0.39 is 0 Å². The molecule has 1 atom stereocenters. The zero-order valence-corrected chi connectivity index (χ0v) is 15.1. The van der Waals surface area contributed by atoms with E-state index in [0.717, 1.165) is 24.8 Å². The van der Waals surface area contributed by atoms with Crippen molar-refractivity contribution in [2.45, 2.75) is 26.2 Å². The van der Waals surface area contributed by atoms with Gasteiger partial charge in [-0.25, -0.2) is 0 Å². The molecule has 3 rings (SSSR count). The van der Waals surface area contributed by atoms with Crippen LogP contribution < -0.4 is 16.4 Å². The molecular formula is C19H23N3O2S. The van der Waals surface area contributed by atoms with Crippen LogP contribution in [0, 0.1) is 5.92 Å². The molecule has 0 fully saturated rings. The molecule has 0 saturated heterocycles. The monoisotopic (exact) mass is 357 g/mol. The Morgan fingerprint density at radius 2 is 2.04 bits per heavy atom. The number of anilines is 1. The van der Waals surface area contributed by atoms with Crippen LogP contribution in [0.25, 0.3) is 0 Å². The van der Waals surface area contributed by atoms with Crippen LogP contribution in [0.1, 0.15) is 44.5 Å². The average molecular weight is 357 g/mol. The van der Waals surface area contributed by atoms with Crippen LogP contribution in [0.15, 0.2) is 29.6 Å². The molecule has 1 unspecified atom stereocenters. The Balaban J connectivity index is 1.79. The van der Waals surface area contributed by atoms with Gasteiger partial charge in [0.2, 0.25) is 0 Å². The second-order valence-corrected chi connectivity index (χ2v) is 7.41. The lowest BCUT2D eigenvalue weighted by molar-refractivity contribution is 0.0955. The number of amides is 2. The van der Waals surface area contributed by atoms with Crippen LogP contribution >= 0.6 is 11.3 Å². The number of benzene rings is 1. The number of para-hydroxylation sites is 1. The number of rotatable bonds is 5. The maximum atomic E-state index is 12.8. The molecule has 0 saturated carbocycles. The summed E-state index contributed by atoms with van der Waals surface area (Å²) in [5, 5.41) is 7.59. The van der Waals surface area contributed by atoms with Crippen molar-refractivity contribution in [2.75, 3.05) is 18.4 Å². The van der Waals surface area contributed by atoms with E-state index in [9.17, 15) is 9.59 Å². The summed E-state index contributed by atoms with van der Waals surface area (Å²) in [6, 6.07) is 7.03. The zero-order chi connectivity index (χ0) is 17.8. The maximum Gasteiger partial charge on any atom is 0.256 e. The lowest BCUT2D eigenvalue weighted by atomic mass is 9.88. The third-order valence-electron chi connectivity index (χ3n) is 4.50. The van der Waals surface area contributed by atoms with Crippen molar-refractivity contribution in [2.24, 2.45) is 11.7 Å². The number of thiophene rings is 1. The summed E-state index contributed by atoms with van der Waals surface area (Å²) in [4.78, 5) is 26.3. The van der Waals surface area contributed by atoms with Crippen molar-refractivity contribution in [1.29, 1.82) is 0 Å². The van der Waals surface area contributed by atoms with Gasteiger partial charge in [-0.1, -0.05) is 19.1 Å². The minimum Gasteiger partial charge on any atom is -0.351 e. The number of hydrogen-bond acceptors (Lipinski definition) is 4. The molecule has 4 N–H and O–H groups in total. The molecule has 0 bridgehead atoms. The topological polar surface area (TPSA) is 84.2 Å². The van der Waals surface area contributed by atoms with E-state index in [1.165, 1.54) is 10.4 Å². The molecule has 1 aromatic heterocycles. The second-order valence-electron chi connectivity index (χ2n) is 6.44. The van der Waals surface area contributed by atoms with Crippen LogP contribution in [0.3, 0.4) is 0 Å². The molecule has 2 amide bonds. The Kier molecular flexibility index (Phi) is 5.50. The first-order valence-electron chi connectivity index (χ1n) is 8.58. The van der Waals surface area contributed by atoms with Crippen LogP contribution in [0.2, 0.25) is 0 Å². The summed E-state index contributed by atoms with van der Waals surface area (Å²) in [6.07, 6.45) is 3.11. The molecule has 132 valence electrons. The Bertz CT molecular complexity index is 785. The molecule has 1 heterocycles. The first-order chi connectivity index (χ1) is 12.1. The van der Waals surface area contributed by atoms with E-state index in [0.29, 0.717) is 30.3 Å². The van der Waals surface area contributed by atoms with E-state index >= 15 is 0 Å². The summed E-state index contributed by atoms with van der Waals surface area (Å²) in [7, 11) is 0. The van der Waals surface area contributed by atoms with Gasteiger partial charge in [0.1, 0.15) is 0 Å². The molecule has 2 aromatic rings. The highest BCUT2D eigenvalue weighted by Crippen LogP contribution is 2.33. The third-order valence-corrected chi connectivity index (χ3v) is 5.55. The normalized spacial score (nSPS) is 16.2. The van der Waals surface area contributed by atoms with E-state index in [-0.39, 0.29) is 11.8 Å². The number of carbonyl (C=O) groups excluding carboxylic acids is 2. The van der Waals surface area contributed by atoms with Gasteiger partial charge in [0.05, 0.1) is 16.8 Å². The first kappa shape index (κ1) is 17.6. The van der Waals surface area contributed by atoms with Crippen molar-refractivity contribution in [3.05, 3.63) is 51.2 Å². The first-order valence-corrected chi connectivity index (χ1v) is 9.46. The minimum absolute atomic E-state index is 0.147. The van der Waals surface area contributed by atoms with Gasteiger partial charge in [0.25, 0.3) is 11.8 Å². The summed E-state index contributed by atoms with van der Waals surface area (Å²) in [5.41, 5.74) is 8.31. The second kappa shape index (κ2) is 7.80. The summed E-state index contributed by atoms with van der Waals surface area (Å²) < 4.78 is 0. The Labute approximate surface area is 151 Å². The number of fused-ring (bicyclic) bond motifs is 1. The molecule has 5 nitrogen and oxygen atoms in total. The van der Waals surface area contributed by atoms with Crippen molar-refractivity contribution < 1.29 is 9.59 Å². The van der Waals surface area contributed by atoms with Crippen molar-refractivity contribution >= 4 is 28.8 Å². The van der Waals surface area contributed by atoms with Gasteiger partial charge in [0, 0.05) is 23.3 Å². The maximum absolute atomic E-state index is 12.8. The lowest BCUT2D eigenvalue weighted by Gasteiger charge is -2.19. The van der Waals surface area contributed by atoms with Gasteiger partial charge >= 0.3 is 0 Å². The summed E-state index contributed by atoms with van der Waals surface area (Å²) in [5.74, 6) is 0.294. The van der Waals surface area contributed by atoms with Crippen molar-refractivity contribution in [3.63, 3.8) is 0 Å². The summed E-state index contributed by atoms with van der Waals surface area (Å²) in [6.45, 7) is 3.02. The fourth-order valence-electron chi connectivity index (χ4n) is 3.13. The van der Waals surface area contributed by atoms with Crippen molar-refractivity contribution in [1.82, 2.24) is 5.32 Å². The molecule has 0 radical (unpaired) electrons. The van der Waals surface area contributed by atoms with Crippen LogP contribution in [-0.4, -0.2) is 24.9 Å². The molecule has 25 heavy (non-hydrogen) atoms. The smallest absolute Gasteiger partial charge is 0.256 e. The van der Waals surface area contributed by atoms with Gasteiger partial charge in [-0.2, -0.15) is 0 Å². The molecule has 0 aliphatic heterocycles. The highest BCUT2D eigenvalue weighted by molar-refractivity contribution is 7.10. The standard InChI is InChI=1S/C19H23N3O2S/c1-12-6-7-13-15(11-25-17(13)10-12)19(24)22-16-5-3-2-4-14(16)18(23)21-9-8-20/h2-5,11-12H,6-10,20H2,1H3,(H,21,23)(H,22,24). The predicted molar refractivity (Wildman–Crippen MR) is 101 cm³/mol. The predicted octanol–water partition coefficient (Wildman–Crippen LogP) is 2.81. The van der Waals surface area contributed by atoms with Gasteiger partial charge in [-0.15, -0.1) is 11.3 Å². The van der Waals surface area contributed by atoms with Gasteiger partial charge in [0.15, 0.2) is 0 Å². The van der Waals surface area contributed by atoms with E-state index in [1.807, 2.05) is 5.38 Å². The average Bonchev–Trinajstić information content (AvgIpc) is 3.03. The number of carbonyl (C=O) groups is 2. The molecular weight excluding hydrogens is 334 g/mol. The highest BCUT2D eigenvalue weighted by Gasteiger charge is 2.24. The summed E-state index contributed by atoms with van der Waals surface area (Å²) >= 11 is 1.66. The highest BCUT2D eigenvalue weighted by atomic mass is 32.1. The SMILES string of the molecule is CC1CCc2c(C(=O)Nc3ccccc3C(=O)NCCN)csc2C1. The Hall–Kier alpha value is -2.18. The van der Waals surface area contributed by atoms with Crippen LogP contribution in [-0.2, 0) is 12.8 Å². The van der Waals surface area contributed by atoms with Gasteiger partial charge < -0.3 is 16.4 Å². The molecule has 0 spiro atoms. The third kappa shape index (κ3) is 3.91. The number of nitrogens with two attached hydrogens (primary N) is 1. The zero-order valence-electron chi connectivity index (χ0n) is 14.3. The Morgan fingerprint density at radius 3 is 2.84 bits per heavy atom. The minimum atomic E-state index is -0.234. The van der Waals surface area contributed by atoms with Gasteiger partial charge in [-0.3, -0.25) is 9.59 Å². The molecule has 1 aliphatic carbocycles. The Morgan fingerprint density at radius 1 is 1.24 bits per heavy atom. The largest absolute Gasteiger partial charge is 0.351 e. The fraction of sp³-hybridized carbons (Fsp3) is 0.368. The molecule has 1 aromatic carbocycles.